The number of aromatic nitrogens is 2. The minimum absolute atomic E-state index is 0.0474. The zero-order chi connectivity index (χ0) is 22.9. The van der Waals surface area contributed by atoms with Crippen molar-refractivity contribution < 1.29 is 23.1 Å². The number of amides is 1. The number of benzene rings is 3. The van der Waals surface area contributed by atoms with Crippen LogP contribution in [-0.2, 0) is 15.9 Å². The number of para-hydroxylation sites is 2. The first-order chi connectivity index (χ1) is 16.1. The highest BCUT2D eigenvalue weighted by molar-refractivity contribution is 7.55. The fourth-order valence-corrected chi connectivity index (χ4v) is 4.82. The molecular weight excluding hydrogens is 441 g/mol. The summed E-state index contributed by atoms with van der Waals surface area (Å²) in [5.41, 5.74) is 1.15. The lowest BCUT2D eigenvalue weighted by molar-refractivity contribution is 0.137. The highest BCUT2D eigenvalue weighted by Gasteiger charge is 2.43. The second kappa shape index (κ2) is 10.5. The van der Waals surface area contributed by atoms with E-state index in [0.29, 0.717) is 17.2 Å². The maximum Gasteiger partial charge on any atom is 0.459 e. The summed E-state index contributed by atoms with van der Waals surface area (Å²) in [5.74, 6) is -0.579. The van der Waals surface area contributed by atoms with E-state index in [1.165, 1.54) is 12.5 Å². The summed E-state index contributed by atoms with van der Waals surface area (Å²) in [5, 5.41) is 2.63. The van der Waals surface area contributed by atoms with E-state index in [-0.39, 0.29) is 6.61 Å². The van der Waals surface area contributed by atoms with Crippen LogP contribution in [0.15, 0.2) is 104 Å². The van der Waals surface area contributed by atoms with E-state index in [2.05, 4.69) is 15.3 Å². The third-order valence-electron chi connectivity index (χ3n) is 4.55. The van der Waals surface area contributed by atoms with Crippen molar-refractivity contribution in [3.63, 3.8) is 0 Å². The first kappa shape index (κ1) is 22.2. The van der Waals surface area contributed by atoms with Gasteiger partial charge in [-0.05, 0) is 29.8 Å². The predicted octanol–water partition coefficient (Wildman–Crippen LogP) is 5.69. The number of carbonyl (C=O) groups is 1. The van der Waals surface area contributed by atoms with Gasteiger partial charge in [0.1, 0.15) is 18.1 Å². The van der Waals surface area contributed by atoms with Crippen molar-refractivity contribution in [3.8, 4) is 11.5 Å². The number of nitrogens with one attached hydrogen (secondary N) is 2. The van der Waals surface area contributed by atoms with Crippen LogP contribution in [0, 0.1) is 0 Å². The van der Waals surface area contributed by atoms with Crippen LogP contribution in [0.5, 0.6) is 11.5 Å². The standard InChI is InChI=1S/C24H22N3O5P/c28-24(30-17-19-10-4-1-5-11-19)27-23(22-16-25-18-26-22)33(29,31-20-12-6-2-7-13-20)32-21-14-8-3-9-15-21/h1-16,18,23H,17H2,(H,25,26)(H,27,28). The van der Waals surface area contributed by atoms with Crippen molar-refractivity contribution in [1.82, 2.24) is 15.3 Å². The minimum Gasteiger partial charge on any atom is -0.445 e. The molecule has 1 unspecified atom stereocenters. The molecule has 4 aromatic rings. The third-order valence-corrected chi connectivity index (χ3v) is 6.52. The van der Waals surface area contributed by atoms with Crippen molar-refractivity contribution in [2.75, 3.05) is 0 Å². The largest absolute Gasteiger partial charge is 0.459 e. The predicted molar refractivity (Wildman–Crippen MR) is 123 cm³/mol. The third kappa shape index (κ3) is 6.02. The summed E-state index contributed by atoms with van der Waals surface area (Å²) in [4.78, 5) is 19.5. The van der Waals surface area contributed by atoms with Crippen molar-refractivity contribution in [1.29, 1.82) is 0 Å². The first-order valence-corrected chi connectivity index (χ1v) is 11.8. The van der Waals surface area contributed by atoms with Crippen LogP contribution in [0.3, 0.4) is 0 Å². The van der Waals surface area contributed by atoms with Gasteiger partial charge in [-0.2, -0.15) is 0 Å². The number of hydrogen-bond donors (Lipinski definition) is 2. The highest BCUT2D eigenvalue weighted by Crippen LogP contribution is 2.58. The van der Waals surface area contributed by atoms with Crippen LogP contribution in [0.2, 0.25) is 0 Å². The van der Waals surface area contributed by atoms with Crippen molar-refractivity contribution in [3.05, 3.63) is 115 Å². The van der Waals surface area contributed by atoms with E-state index in [1.54, 1.807) is 60.7 Å². The van der Waals surface area contributed by atoms with Crippen molar-refractivity contribution in [2.45, 2.75) is 12.4 Å². The summed E-state index contributed by atoms with van der Waals surface area (Å²) < 4.78 is 31.3. The number of imidazole rings is 1. The average molecular weight is 463 g/mol. The Morgan fingerprint density at radius 1 is 0.879 bits per heavy atom. The summed E-state index contributed by atoms with van der Waals surface area (Å²) in [6, 6.07) is 26.4. The van der Waals surface area contributed by atoms with Gasteiger partial charge in [0.25, 0.3) is 0 Å². The minimum atomic E-state index is -4.09. The number of H-pyrrole nitrogens is 1. The molecule has 1 atom stereocenters. The molecule has 0 aliphatic rings. The number of nitrogens with zero attached hydrogens (tertiary/aromatic N) is 1. The normalized spacial score (nSPS) is 11.9. The SMILES string of the molecule is O=C(NC(c1cnc[nH]1)P(=O)(Oc1ccccc1)Oc1ccccc1)OCc1ccccc1. The van der Waals surface area contributed by atoms with Gasteiger partial charge in [0.15, 0.2) is 5.78 Å². The molecule has 8 nitrogen and oxygen atoms in total. The van der Waals surface area contributed by atoms with Crippen LogP contribution < -0.4 is 14.4 Å². The van der Waals surface area contributed by atoms with E-state index in [9.17, 15) is 9.36 Å². The molecule has 0 aliphatic carbocycles. The van der Waals surface area contributed by atoms with Gasteiger partial charge in [-0.25, -0.2) is 14.3 Å². The van der Waals surface area contributed by atoms with Crippen LogP contribution in [0.4, 0.5) is 4.79 Å². The Kier molecular flexibility index (Phi) is 7.07. The maximum absolute atomic E-state index is 14.2. The van der Waals surface area contributed by atoms with Gasteiger partial charge in [0.2, 0.25) is 0 Å². The van der Waals surface area contributed by atoms with Gasteiger partial charge in [-0.15, -0.1) is 0 Å². The Hall–Kier alpha value is -4.03. The zero-order valence-electron chi connectivity index (χ0n) is 17.5. The van der Waals surface area contributed by atoms with Crippen LogP contribution in [0.25, 0.3) is 0 Å². The molecule has 33 heavy (non-hydrogen) atoms. The molecule has 4 rings (SSSR count). The molecule has 9 heteroatoms. The number of aromatic amines is 1. The van der Waals surface area contributed by atoms with Crippen molar-refractivity contribution in [2.24, 2.45) is 0 Å². The molecular formula is C24H22N3O5P. The molecule has 168 valence electrons. The average Bonchev–Trinajstić information content (AvgIpc) is 3.37. The van der Waals surface area contributed by atoms with E-state index in [4.69, 9.17) is 13.8 Å². The number of carbonyl (C=O) groups excluding carboxylic acids is 1. The monoisotopic (exact) mass is 463 g/mol. The lowest BCUT2D eigenvalue weighted by atomic mass is 10.2. The molecule has 1 aromatic heterocycles. The Morgan fingerprint density at radius 2 is 1.42 bits per heavy atom. The molecule has 3 aromatic carbocycles. The quantitative estimate of drug-likeness (QED) is 0.309. The van der Waals surface area contributed by atoms with Gasteiger partial charge in [-0.1, -0.05) is 66.7 Å². The summed E-state index contributed by atoms with van der Waals surface area (Å²) >= 11 is 0. The summed E-state index contributed by atoms with van der Waals surface area (Å²) in [6.45, 7) is 0.0474. The Morgan fingerprint density at radius 3 is 1.94 bits per heavy atom. The Labute approximate surface area is 191 Å². The number of rotatable bonds is 9. The smallest absolute Gasteiger partial charge is 0.445 e. The van der Waals surface area contributed by atoms with Gasteiger partial charge in [-0.3, -0.25) is 5.32 Å². The molecule has 0 aliphatic heterocycles. The Bertz CT molecular complexity index is 1140. The molecule has 1 amide bonds. The van der Waals surface area contributed by atoms with E-state index < -0.39 is 19.5 Å². The van der Waals surface area contributed by atoms with Gasteiger partial charge < -0.3 is 18.8 Å². The number of hydrogen-bond acceptors (Lipinski definition) is 6. The molecule has 2 N–H and O–H groups in total. The number of alkyl carbamates (subject to hydrolysis) is 1. The maximum atomic E-state index is 14.2. The first-order valence-electron chi connectivity index (χ1n) is 10.2. The molecule has 0 radical (unpaired) electrons. The molecule has 0 spiro atoms. The molecule has 1 heterocycles. The molecule has 0 saturated carbocycles. The van der Waals surface area contributed by atoms with Gasteiger partial charge in [0.05, 0.1) is 18.2 Å². The van der Waals surface area contributed by atoms with E-state index in [1.807, 2.05) is 30.3 Å². The van der Waals surface area contributed by atoms with Crippen LogP contribution in [-0.4, -0.2) is 16.1 Å². The van der Waals surface area contributed by atoms with Gasteiger partial charge >= 0.3 is 13.7 Å². The van der Waals surface area contributed by atoms with Crippen molar-refractivity contribution >= 4 is 13.7 Å². The highest BCUT2D eigenvalue weighted by atomic mass is 31.2. The second-order valence-corrected chi connectivity index (χ2v) is 8.93. The van der Waals surface area contributed by atoms with Crippen LogP contribution in [0.1, 0.15) is 17.0 Å². The van der Waals surface area contributed by atoms with E-state index >= 15 is 0 Å². The fraction of sp³-hybridized carbons (Fsp3) is 0.0833. The zero-order valence-corrected chi connectivity index (χ0v) is 18.4. The molecule has 0 fully saturated rings. The lowest BCUT2D eigenvalue weighted by Crippen LogP contribution is -2.31. The summed E-state index contributed by atoms with van der Waals surface area (Å²) in [7, 11) is -4.09. The van der Waals surface area contributed by atoms with Crippen LogP contribution >= 0.6 is 7.60 Å². The fourth-order valence-electron chi connectivity index (χ4n) is 3.00. The van der Waals surface area contributed by atoms with E-state index in [0.717, 1.165) is 5.56 Å². The molecule has 0 saturated heterocycles. The summed E-state index contributed by atoms with van der Waals surface area (Å²) in [6.07, 6.45) is 2.07. The lowest BCUT2D eigenvalue weighted by Gasteiger charge is -2.27. The van der Waals surface area contributed by atoms with Gasteiger partial charge in [0, 0.05) is 0 Å². The topological polar surface area (TPSA) is 103 Å². The molecule has 0 bridgehead atoms. The Balaban J connectivity index is 1.61. The second-order valence-electron chi connectivity index (χ2n) is 6.96. The number of ether oxygens (including phenoxy) is 1.